The summed E-state index contributed by atoms with van der Waals surface area (Å²) in [6, 6.07) is 9.17. The van der Waals surface area contributed by atoms with E-state index in [1.807, 2.05) is 0 Å². The maximum atomic E-state index is 6.14. The zero-order valence-electron chi connectivity index (χ0n) is 12.8. The van der Waals surface area contributed by atoms with Crippen LogP contribution in [0.15, 0.2) is 28.7 Å². The molecule has 0 aliphatic heterocycles. The van der Waals surface area contributed by atoms with Crippen LogP contribution in [0.3, 0.4) is 0 Å². The summed E-state index contributed by atoms with van der Waals surface area (Å²) in [5, 5.41) is 4.92. The minimum absolute atomic E-state index is 0.732. The van der Waals surface area contributed by atoms with Crippen LogP contribution >= 0.6 is 0 Å². The topological polar surface area (TPSA) is 28.4 Å². The molecule has 2 fully saturated rings. The van der Waals surface area contributed by atoms with E-state index in [-0.39, 0.29) is 0 Å². The average Bonchev–Trinajstić information content (AvgIpc) is 3.37. The maximum Gasteiger partial charge on any atom is 0.134 e. The minimum atomic E-state index is 0.732. The third kappa shape index (κ3) is 3.14. The van der Waals surface area contributed by atoms with Crippen molar-refractivity contribution < 1.29 is 4.42 Å². The van der Waals surface area contributed by atoms with Crippen molar-refractivity contribution in [3.8, 4) is 0 Å². The summed E-state index contributed by atoms with van der Waals surface area (Å²) in [7, 11) is 2.21. The Hall–Kier alpha value is -1.32. The van der Waals surface area contributed by atoms with Gasteiger partial charge in [0.25, 0.3) is 0 Å². The predicted octanol–water partition coefficient (Wildman–Crippen LogP) is 3.53. The number of para-hydroxylation sites is 1. The van der Waals surface area contributed by atoms with Gasteiger partial charge >= 0.3 is 0 Å². The standard InChI is InChI=1S/C18H24N2O/c1-20(11-13-6-7-13)12-18-16(10-19-14-8-9-14)15-4-2-3-5-17(15)21-18/h2-5,13-14,19H,6-12H2,1H3. The number of hydrogen-bond donors (Lipinski definition) is 1. The largest absolute Gasteiger partial charge is 0.459 e. The van der Waals surface area contributed by atoms with E-state index in [1.54, 1.807) is 0 Å². The van der Waals surface area contributed by atoms with E-state index in [9.17, 15) is 0 Å². The van der Waals surface area contributed by atoms with Crippen LogP contribution in [-0.2, 0) is 13.1 Å². The van der Waals surface area contributed by atoms with Gasteiger partial charge in [-0.2, -0.15) is 0 Å². The first-order valence-electron chi connectivity index (χ1n) is 8.21. The van der Waals surface area contributed by atoms with Gasteiger partial charge < -0.3 is 9.73 Å². The number of benzene rings is 1. The number of furan rings is 1. The van der Waals surface area contributed by atoms with Gasteiger partial charge in [-0.05, 0) is 44.7 Å². The highest BCUT2D eigenvalue weighted by Gasteiger charge is 2.25. The molecule has 2 aliphatic rings. The molecule has 3 heteroatoms. The Morgan fingerprint density at radius 2 is 2.00 bits per heavy atom. The first kappa shape index (κ1) is 13.4. The Bertz CT molecular complexity index is 625. The minimum Gasteiger partial charge on any atom is -0.459 e. The molecule has 0 amide bonds. The van der Waals surface area contributed by atoms with Crippen LogP contribution in [0, 0.1) is 5.92 Å². The number of rotatable bonds is 7. The van der Waals surface area contributed by atoms with Crippen molar-refractivity contribution in [3.63, 3.8) is 0 Å². The van der Waals surface area contributed by atoms with E-state index in [2.05, 4.69) is 41.5 Å². The highest BCUT2D eigenvalue weighted by atomic mass is 16.3. The second-order valence-electron chi connectivity index (χ2n) is 6.80. The number of hydrogen-bond acceptors (Lipinski definition) is 3. The molecule has 0 bridgehead atoms. The molecule has 0 unspecified atom stereocenters. The number of fused-ring (bicyclic) bond motifs is 1. The molecule has 4 rings (SSSR count). The van der Waals surface area contributed by atoms with E-state index in [4.69, 9.17) is 4.42 Å². The first-order valence-corrected chi connectivity index (χ1v) is 8.21. The average molecular weight is 284 g/mol. The first-order chi connectivity index (χ1) is 10.3. The molecule has 2 aromatic rings. The van der Waals surface area contributed by atoms with Crippen molar-refractivity contribution >= 4 is 11.0 Å². The van der Waals surface area contributed by atoms with Gasteiger partial charge in [0.2, 0.25) is 0 Å². The van der Waals surface area contributed by atoms with Gasteiger partial charge in [-0.1, -0.05) is 18.2 Å². The highest BCUT2D eigenvalue weighted by Crippen LogP contribution is 2.31. The molecule has 3 nitrogen and oxygen atoms in total. The Kier molecular flexibility index (Phi) is 3.48. The summed E-state index contributed by atoms with van der Waals surface area (Å²) in [5.41, 5.74) is 2.39. The maximum absolute atomic E-state index is 6.14. The summed E-state index contributed by atoms with van der Waals surface area (Å²) in [5.74, 6) is 2.07. The molecule has 0 radical (unpaired) electrons. The van der Waals surface area contributed by atoms with Crippen molar-refractivity contribution in [3.05, 3.63) is 35.6 Å². The lowest BCUT2D eigenvalue weighted by Crippen LogP contribution is -2.22. The van der Waals surface area contributed by atoms with E-state index < -0.39 is 0 Å². The zero-order valence-corrected chi connectivity index (χ0v) is 12.8. The lowest BCUT2D eigenvalue weighted by atomic mass is 10.1. The van der Waals surface area contributed by atoms with Crippen molar-refractivity contribution in [2.75, 3.05) is 13.6 Å². The lowest BCUT2D eigenvalue weighted by Gasteiger charge is -2.15. The van der Waals surface area contributed by atoms with Crippen LogP contribution < -0.4 is 5.32 Å². The molecule has 112 valence electrons. The fourth-order valence-corrected chi connectivity index (χ4v) is 3.06. The number of nitrogens with zero attached hydrogens (tertiary/aromatic N) is 1. The lowest BCUT2D eigenvalue weighted by molar-refractivity contribution is 0.286. The third-order valence-corrected chi connectivity index (χ3v) is 4.61. The summed E-state index contributed by atoms with van der Waals surface area (Å²) < 4.78 is 6.14. The van der Waals surface area contributed by atoms with Gasteiger partial charge in [-0.15, -0.1) is 0 Å². The van der Waals surface area contributed by atoms with E-state index in [1.165, 1.54) is 43.2 Å². The monoisotopic (exact) mass is 284 g/mol. The normalized spacial score (nSPS) is 18.8. The van der Waals surface area contributed by atoms with Crippen LogP contribution in [0.25, 0.3) is 11.0 Å². The summed E-state index contributed by atoms with van der Waals surface area (Å²) in [4.78, 5) is 2.41. The Labute approximate surface area is 126 Å². The number of nitrogens with one attached hydrogen (secondary N) is 1. The SMILES string of the molecule is CN(Cc1oc2ccccc2c1CNC1CC1)CC1CC1. The molecular weight excluding hydrogens is 260 g/mol. The van der Waals surface area contributed by atoms with Crippen LogP contribution in [0.2, 0.25) is 0 Å². The van der Waals surface area contributed by atoms with Crippen molar-refractivity contribution in [1.29, 1.82) is 0 Å². The van der Waals surface area contributed by atoms with Gasteiger partial charge in [0.05, 0.1) is 6.54 Å². The Balaban J connectivity index is 1.56. The van der Waals surface area contributed by atoms with E-state index in [0.29, 0.717) is 0 Å². The summed E-state index contributed by atoms with van der Waals surface area (Å²) in [6.07, 6.45) is 5.46. The second kappa shape index (κ2) is 5.47. The van der Waals surface area contributed by atoms with Gasteiger partial charge in [0.15, 0.2) is 0 Å². The van der Waals surface area contributed by atoms with Gasteiger partial charge in [0, 0.05) is 30.1 Å². The van der Waals surface area contributed by atoms with Gasteiger partial charge in [0.1, 0.15) is 11.3 Å². The van der Waals surface area contributed by atoms with E-state index >= 15 is 0 Å². The van der Waals surface area contributed by atoms with Gasteiger partial charge in [-0.3, -0.25) is 4.90 Å². The highest BCUT2D eigenvalue weighted by molar-refractivity contribution is 5.82. The molecule has 1 aromatic carbocycles. The molecule has 1 aromatic heterocycles. The van der Waals surface area contributed by atoms with Crippen molar-refractivity contribution in [2.45, 2.75) is 44.8 Å². The smallest absolute Gasteiger partial charge is 0.134 e. The molecule has 2 aliphatic carbocycles. The molecule has 21 heavy (non-hydrogen) atoms. The van der Waals surface area contributed by atoms with E-state index in [0.717, 1.165) is 36.4 Å². The predicted molar refractivity (Wildman–Crippen MR) is 85.1 cm³/mol. The fraction of sp³-hybridized carbons (Fsp3) is 0.556. The van der Waals surface area contributed by atoms with Crippen molar-refractivity contribution in [2.24, 2.45) is 5.92 Å². The second-order valence-corrected chi connectivity index (χ2v) is 6.80. The molecule has 0 spiro atoms. The molecule has 1 N–H and O–H groups in total. The molecule has 0 saturated heterocycles. The molecular formula is C18H24N2O. The molecule has 2 saturated carbocycles. The zero-order chi connectivity index (χ0) is 14.2. The Morgan fingerprint density at radius 1 is 1.19 bits per heavy atom. The molecule has 0 atom stereocenters. The van der Waals surface area contributed by atoms with Crippen LogP contribution in [-0.4, -0.2) is 24.5 Å². The van der Waals surface area contributed by atoms with Crippen LogP contribution in [0.4, 0.5) is 0 Å². The summed E-state index contributed by atoms with van der Waals surface area (Å²) >= 11 is 0. The third-order valence-electron chi connectivity index (χ3n) is 4.61. The van der Waals surface area contributed by atoms with Crippen molar-refractivity contribution in [1.82, 2.24) is 10.2 Å². The fourth-order valence-electron chi connectivity index (χ4n) is 3.06. The molecule has 1 heterocycles. The van der Waals surface area contributed by atoms with Gasteiger partial charge in [-0.25, -0.2) is 0 Å². The summed E-state index contributed by atoms with van der Waals surface area (Å²) in [6.45, 7) is 3.06. The Morgan fingerprint density at radius 3 is 2.76 bits per heavy atom. The van der Waals surface area contributed by atoms with Crippen LogP contribution in [0.1, 0.15) is 37.0 Å². The quantitative estimate of drug-likeness (QED) is 0.843. The van der Waals surface area contributed by atoms with Crippen LogP contribution in [0.5, 0.6) is 0 Å².